The third kappa shape index (κ3) is 2.33. The molecule has 2 heterocycles. The highest BCUT2D eigenvalue weighted by atomic mass is 16.5. The zero-order valence-corrected chi connectivity index (χ0v) is 14.2. The number of H-pyrrole nitrogens is 2. The summed E-state index contributed by atoms with van der Waals surface area (Å²) in [6, 6.07) is 22.3. The van der Waals surface area contributed by atoms with E-state index in [0.29, 0.717) is 0 Å². The second-order valence-corrected chi connectivity index (χ2v) is 6.17. The predicted octanol–water partition coefficient (Wildman–Crippen LogP) is 4.78. The van der Waals surface area contributed by atoms with Crippen LogP contribution >= 0.6 is 0 Å². The molecule has 0 atom stereocenters. The van der Waals surface area contributed by atoms with Crippen molar-refractivity contribution in [2.45, 2.75) is 0 Å². The normalized spacial score (nSPS) is 11.3. The lowest BCUT2D eigenvalue weighted by Gasteiger charge is -2.05. The summed E-state index contributed by atoms with van der Waals surface area (Å²) in [5.41, 5.74) is 5.94. The molecule has 26 heavy (non-hydrogen) atoms. The molecule has 5 nitrogen and oxygen atoms in total. The first-order valence-corrected chi connectivity index (χ1v) is 8.39. The zero-order chi connectivity index (χ0) is 17.5. The molecular formula is C21H16N4O. The molecule has 0 bridgehead atoms. The highest BCUT2D eigenvalue weighted by Crippen LogP contribution is 2.31. The molecule has 5 aromatic rings. The summed E-state index contributed by atoms with van der Waals surface area (Å²) < 4.78 is 5.34. The molecule has 0 aliphatic rings. The van der Waals surface area contributed by atoms with Crippen LogP contribution < -0.4 is 4.74 Å². The Morgan fingerprint density at radius 1 is 0.846 bits per heavy atom. The zero-order valence-electron chi connectivity index (χ0n) is 14.2. The van der Waals surface area contributed by atoms with Crippen LogP contribution in [0.5, 0.6) is 5.75 Å². The molecule has 0 aliphatic heterocycles. The fourth-order valence-corrected chi connectivity index (χ4v) is 3.24. The first-order chi connectivity index (χ1) is 12.8. The lowest BCUT2D eigenvalue weighted by Crippen LogP contribution is -1.84. The first kappa shape index (κ1) is 14.7. The smallest absolute Gasteiger partial charge is 0.159 e. The molecule has 2 N–H and O–H groups in total. The highest BCUT2D eigenvalue weighted by molar-refractivity contribution is 5.95. The second kappa shape index (κ2) is 5.74. The Kier molecular flexibility index (Phi) is 3.25. The number of imidazole rings is 1. The number of hydrogen-bond donors (Lipinski definition) is 2. The van der Waals surface area contributed by atoms with Crippen LogP contribution in [0.4, 0.5) is 0 Å². The number of rotatable bonds is 3. The average Bonchev–Trinajstić information content (AvgIpc) is 3.31. The Labute approximate surface area is 149 Å². The van der Waals surface area contributed by atoms with E-state index in [9.17, 15) is 0 Å². The third-order valence-electron chi connectivity index (χ3n) is 4.58. The van der Waals surface area contributed by atoms with Gasteiger partial charge in [-0.2, -0.15) is 5.10 Å². The number of nitrogens with zero attached hydrogens (tertiary/aromatic N) is 2. The molecule has 126 valence electrons. The van der Waals surface area contributed by atoms with Crippen molar-refractivity contribution in [2.24, 2.45) is 0 Å². The molecule has 3 aromatic carbocycles. The van der Waals surface area contributed by atoms with E-state index in [2.05, 4.69) is 38.4 Å². The summed E-state index contributed by atoms with van der Waals surface area (Å²) in [5, 5.41) is 8.62. The van der Waals surface area contributed by atoms with Gasteiger partial charge in [0.1, 0.15) is 11.4 Å². The Morgan fingerprint density at radius 2 is 1.73 bits per heavy atom. The summed E-state index contributed by atoms with van der Waals surface area (Å²) in [7, 11) is 1.68. The van der Waals surface area contributed by atoms with Gasteiger partial charge in [-0.15, -0.1) is 0 Å². The second-order valence-electron chi connectivity index (χ2n) is 6.17. The molecule has 0 aliphatic carbocycles. The van der Waals surface area contributed by atoms with Gasteiger partial charge in [-0.25, -0.2) is 4.98 Å². The van der Waals surface area contributed by atoms with E-state index in [0.717, 1.165) is 50.3 Å². The molecule has 0 radical (unpaired) electrons. The summed E-state index contributed by atoms with van der Waals surface area (Å²) in [6.07, 6.45) is 0. The Balaban J connectivity index is 1.67. The van der Waals surface area contributed by atoms with E-state index >= 15 is 0 Å². The van der Waals surface area contributed by atoms with Gasteiger partial charge in [-0.1, -0.05) is 30.3 Å². The van der Waals surface area contributed by atoms with Crippen LogP contribution in [0.1, 0.15) is 0 Å². The summed E-state index contributed by atoms with van der Waals surface area (Å²) in [5.74, 6) is 1.60. The first-order valence-electron chi connectivity index (χ1n) is 8.39. The number of aromatic amines is 2. The van der Waals surface area contributed by atoms with E-state index in [1.807, 2.05) is 48.5 Å². The number of ether oxygens (including phenoxy) is 1. The number of benzene rings is 3. The van der Waals surface area contributed by atoms with Crippen molar-refractivity contribution in [3.8, 4) is 28.4 Å². The molecule has 0 saturated carbocycles. The monoisotopic (exact) mass is 340 g/mol. The molecule has 0 amide bonds. The number of nitrogens with one attached hydrogen (secondary N) is 2. The molecular weight excluding hydrogens is 324 g/mol. The van der Waals surface area contributed by atoms with Crippen LogP contribution in [0.15, 0.2) is 66.7 Å². The van der Waals surface area contributed by atoms with Crippen molar-refractivity contribution < 1.29 is 4.74 Å². The van der Waals surface area contributed by atoms with Crippen LogP contribution in [0.2, 0.25) is 0 Å². The van der Waals surface area contributed by atoms with E-state index < -0.39 is 0 Å². The minimum atomic E-state index is 0.764. The largest absolute Gasteiger partial charge is 0.497 e. The van der Waals surface area contributed by atoms with Crippen molar-refractivity contribution >= 4 is 21.9 Å². The maximum atomic E-state index is 5.34. The van der Waals surface area contributed by atoms with E-state index in [4.69, 9.17) is 4.74 Å². The number of para-hydroxylation sites is 2. The maximum Gasteiger partial charge on any atom is 0.159 e. The van der Waals surface area contributed by atoms with E-state index in [-0.39, 0.29) is 0 Å². The minimum absolute atomic E-state index is 0.764. The van der Waals surface area contributed by atoms with Gasteiger partial charge in [-0.05, 0) is 47.5 Å². The number of fused-ring (bicyclic) bond motifs is 2. The van der Waals surface area contributed by atoms with Crippen molar-refractivity contribution in [3.63, 3.8) is 0 Å². The number of hydrogen-bond acceptors (Lipinski definition) is 3. The summed E-state index contributed by atoms with van der Waals surface area (Å²) in [4.78, 5) is 8.03. The van der Waals surface area contributed by atoms with Crippen molar-refractivity contribution in [1.29, 1.82) is 0 Å². The summed E-state index contributed by atoms with van der Waals surface area (Å²) in [6.45, 7) is 0. The highest BCUT2D eigenvalue weighted by Gasteiger charge is 2.13. The van der Waals surface area contributed by atoms with Gasteiger partial charge in [0, 0.05) is 5.39 Å². The molecule has 5 rings (SSSR count). The molecule has 0 saturated heterocycles. The van der Waals surface area contributed by atoms with Crippen molar-refractivity contribution in [3.05, 3.63) is 66.7 Å². The lowest BCUT2D eigenvalue weighted by molar-refractivity contribution is 0.415. The molecule has 0 spiro atoms. The maximum absolute atomic E-state index is 5.34. The van der Waals surface area contributed by atoms with E-state index in [1.165, 1.54) is 0 Å². The van der Waals surface area contributed by atoms with Crippen LogP contribution in [-0.4, -0.2) is 27.3 Å². The van der Waals surface area contributed by atoms with Gasteiger partial charge < -0.3 is 9.72 Å². The van der Waals surface area contributed by atoms with Crippen molar-refractivity contribution in [1.82, 2.24) is 20.2 Å². The van der Waals surface area contributed by atoms with Gasteiger partial charge in [0.25, 0.3) is 0 Å². The Morgan fingerprint density at radius 3 is 2.62 bits per heavy atom. The summed E-state index contributed by atoms with van der Waals surface area (Å²) >= 11 is 0. The number of aromatic nitrogens is 4. The van der Waals surface area contributed by atoms with Crippen LogP contribution in [-0.2, 0) is 0 Å². The average molecular weight is 340 g/mol. The number of methoxy groups -OCH3 is 1. The lowest BCUT2D eigenvalue weighted by atomic mass is 10.0. The SMILES string of the molecule is COc1cccc(-c2ccc3[nH]nc(-c4nc5ccccc5[nH]4)c3c2)c1. The minimum Gasteiger partial charge on any atom is -0.497 e. The van der Waals surface area contributed by atoms with Gasteiger partial charge in [0.05, 0.1) is 23.7 Å². The van der Waals surface area contributed by atoms with Crippen molar-refractivity contribution in [2.75, 3.05) is 7.11 Å². The molecule has 0 unspecified atom stereocenters. The fraction of sp³-hybridized carbons (Fsp3) is 0.0476. The van der Waals surface area contributed by atoms with Crippen LogP contribution in [0.3, 0.4) is 0 Å². The van der Waals surface area contributed by atoms with Gasteiger partial charge in [0.15, 0.2) is 5.82 Å². The predicted molar refractivity (Wildman–Crippen MR) is 103 cm³/mol. The third-order valence-corrected chi connectivity index (χ3v) is 4.58. The Bertz CT molecular complexity index is 1200. The van der Waals surface area contributed by atoms with E-state index in [1.54, 1.807) is 7.11 Å². The molecule has 5 heteroatoms. The molecule has 0 fully saturated rings. The standard InChI is InChI=1S/C21H16N4O/c1-26-15-6-4-5-13(11-15)14-9-10-17-16(12-14)20(25-24-17)21-22-18-7-2-3-8-19(18)23-21/h2-12H,1H3,(H,22,23)(H,24,25). The fourth-order valence-electron chi connectivity index (χ4n) is 3.24. The van der Waals surface area contributed by atoms with Crippen LogP contribution in [0.25, 0.3) is 44.6 Å². The quantitative estimate of drug-likeness (QED) is 0.496. The Hall–Kier alpha value is -3.60. The molecule has 2 aromatic heterocycles. The van der Waals surface area contributed by atoms with Gasteiger partial charge >= 0.3 is 0 Å². The topological polar surface area (TPSA) is 66.6 Å². The van der Waals surface area contributed by atoms with Crippen LogP contribution in [0, 0.1) is 0 Å². The van der Waals surface area contributed by atoms with Gasteiger partial charge in [0.2, 0.25) is 0 Å². The van der Waals surface area contributed by atoms with Gasteiger partial charge in [-0.3, -0.25) is 5.10 Å².